The first-order chi connectivity index (χ1) is 16.5. The molecule has 8 heteroatoms. The lowest BCUT2D eigenvalue weighted by Crippen LogP contribution is -2.45. The average molecular weight is 485 g/mol. The molecule has 0 radical (unpaired) electrons. The number of nitrogens with one attached hydrogen (secondary N) is 1. The Bertz CT molecular complexity index is 1080. The summed E-state index contributed by atoms with van der Waals surface area (Å²) in [6, 6.07) is 20.7. The summed E-state index contributed by atoms with van der Waals surface area (Å²) >= 11 is 6.15. The van der Waals surface area contributed by atoms with Gasteiger partial charge in [-0.1, -0.05) is 66.2 Å². The lowest BCUT2D eigenvalue weighted by molar-refractivity contribution is -0.143. The topological polar surface area (TPSA) is 67.9 Å². The Morgan fingerprint density at radius 1 is 1.00 bits per heavy atom. The molecular weight excluding hydrogens is 459 g/mol. The first kappa shape index (κ1) is 25.2. The molecule has 0 unspecified atom stereocenters. The van der Waals surface area contributed by atoms with E-state index in [1.165, 1.54) is 24.1 Å². The SMILES string of the molecule is COCCNC(=O)[C@@H](c1ccccc1)N(Cc1ccc(F)cc1)C(=O)COc1ccccc1Cl. The van der Waals surface area contributed by atoms with Gasteiger partial charge in [0.25, 0.3) is 5.91 Å². The van der Waals surface area contributed by atoms with E-state index in [9.17, 15) is 14.0 Å². The summed E-state index contributed by atoms with van der Waals surface area (Å²) in [5, 5.41) is 3.19. The Balaban J connectivity index is 1.91. The summed E-state index contributed by atoms with van der Waals surface area (Å²) in [6.45, 7) is 0.351. The molecule has 0 bridgehead atoms. The van der Waals surface area contributed by atoms with E-state index < -0.39 is 11.9 Å². The molecule has 0 aromatic heterocycles. The van der Waals surface area contributed by atoms with Crippen LogP contribution in [0.3, 0.4) is 0 Å². The maximum absolute atomic E-state index is 13.5. The minimum absolute atomic E-state index is 0.0717. The van der Waals surface area contributed by atoms with Crippen molar-refractivity contribution in [2.24, 2.45) is 0 Å². The van der Waals surface area contributed by atoms with Crippen molar-refractivity contribution in [3.63, 3.8) is 0 Å². The molecule has 1 N–H and O–H groups in total. The normalized spacial score (nSPS) is 11.5. The van der Waals surface area contributed by atoms with Crippen LogP contribution in [-0.2, 0) is 20.9 Å². The summed E-state index contributed by atoms with van der Waals surface area (Å²) in [6.07, 6.45) is 0. The number of amides is 2. The number of benzene rings is 3. The Morgan fingerprint density at radius 3 is 2.35 bits per heavy atom. The van der Waals surface area contributed by atoms with Gasteiger partial charge in [-0.3, -0.25) is 9.59 Å². The van der Waals surface area contributed by atoms with Crippen LogP contribution in [0.1, 0.15) is 17.2 Å². The number of rotatable bonds is 11. The predicted octanol–water partition coefficient (Wildman–Crippen LogP) is 4.39. The van der Waals surface area contributed by atoms with Gasteiger partial charge < -0.3 is 19.7 Å². The lowest BCUT2D eigenvalue weighted by atomic mass is 10.0. The third-order valence-corrected chi connectivity index (χ3v) is 5.37. The van der Waals surface area contributed by atoms with Crippen molar-refractivity contribution >= 4 is 23.4 Å². The van der Waals surface area contributed by atoms with Gasteiger partial charge in [-0.05, 0) is 35.4 Å². The maximum atomic E-state index is 13.5. The van der Waals surface area contributed by atoms with Gasteiger partial charge in [0, 0.05) is 20.2 Å². The van der Waals surface area contributed by atoms with Crippen LogP contribution < -0.4 is 10.1 Å². The number of ether oxygens (including phenoxy) is 2. The standard InChI is InChI=1S/C26H26ClFN2O4/c1-33-16-15-29-26(32)25(20-7-3-2-4-8-20)30(17-19-11-13-21(28)14-12-19)24(31)18-34-23-10-6-5-9-22(23)27/h2-14,25H,15-18H2,1H3,(H,29,32)/t25-/m1/s1. The van der Waals surface area contributed by atoms with Crippen LogP contribution in [0.2, 0.25) is 5.02 Å². The highest BCUT2D eigenvalue weighted by molar-refractivity contribution is 6.32. The Labute approximate surface area is 203 Å². The molecule has 3 aromatic carbocycles. The minimum atomic E-state index is -0.939. The number of para-hydroxylation sites is 1. The highest BCUT2D eigenvalue weighted by Crippen LogP contribution is 2.26. The summed E-state index contributed by atoms with van der Waals surface area (Å²) < 4.78 is 24.2. The number of methoxy groups -OCH3 is 1. The van der Waals surface area contributed by atoms with E-state index in [0.29, 0.717) is 28.5 Å². The molecule has 0 saturated heterocycles. The molecule has 34 heavy (non-hydrogen) atoms. The molecule has 1 atom stereocenters. The molecular formula is C26H26ClFN2O4. The molecule has 3 rings (SSSR count). The molecule has 0 aliphatic rings. The van der Waals surface area contributed by atoms with Crippen LogP contribution >= 0.6 is 11.6 Å². The van der Waals surface area contributed by atoms with Gasteiger partial charge in [0.15, 0.2) is 6.61 Å². The zero-order chi connectivity index (χ0) is 24.3. The second-order valence-corrected chi connectivity index (χ2v) is 7.87. The van der Waals surface area contributed by atoms with E-state index in [2.05, 4.69) is 5.32 Å². The van der Waals surface area contributed by atoms with Gasteiger partial charge in [0.2, 0.25) is 5.91 Å². The van der Waals surface area contributed by atoms with Gasteiger partial charge in [-0.25, -0.2) is 4.39 Å². The first-order valence-corrected chi connectivity index (χ1v) is 11.1. The highest BCUT2D eigenvalue weighted by Gasteiger charge is 2.31. The number of hydrogen-bond acceptors (Lipinski definition) is 4. The Morgan fingerprint density at radius 2 is 1.68 bits per heavy atom. The highest BCUT2D eigenvalue weighted by atomic mass is 35.5. The molecule has 0 saturated carbocycles. The van der Waals surface area contributed by atoms with Crippen LogP contribution in [0.4, 0.5) is 4.39 Å². The van der Waals surface area contributed by atoms with Crippen molar-refractivity contribution in [1.82, 2.24) is 10.2 Å². The molecule has 6 nitrogen and oxygen atoms in total. The van der Waals surface area contributed by atoms with E-state index in [1.54, 1.807) is 60.7 Å². The fourth-order valence-electron chi connectivity index (χ4n) is 3.38. The van der Waals surface area contributed by atoms with Crippen molar-refractivity contribution in [2.75, 3.05) is 26.9 Å². The van der Waals surface area contributed by atoms with Crippen molar-refractivity contribution in [3.05, 3.63) is 101 Å². The van der Waals surface area contributed by atoms with Gasteiger partial charge in [-0.2, -0.15) is 0 Å². The van der Waals surface area contributed by atoms with E-state index in [4.69, 9.17) is 21.1 Å². The Kier molecular flexibility index (Phi) is 9.43. The first-order valence-electron chi connectivity index (χ1n) is 10.7. The van der Waals surface area contributed by atoms with Gasteiger partial charge in [0.05, 0.1) is 11.6 Å². The van der Waals surface area contributed by atoms with Crippen LogP contribution in [0.15, 0.2) is 78.9 Å². The third-order valence-electron chi connectivity index (χ3n) is 5.06. The fraction of sp³-hybridized carbons (Fsp3) is 0.231. The number of carbonyl (C=O) groups is 2. The number of carbonyl (C=O) groups excluding carboxylic acids is 2. The van der Waals surface area contributed by atoms with Crippen LogP contribution in [-0.4, -0.2) is 43.6 Å². The quantitative estimate of drug-likeness (QED) is 0.410. The summed E-state index contributed by atoms with van der Waals surface area (Å²) in [5.74, 6) is -0.822. The van der Waals surface area contributed by atoms with Crippen molar-refractivity contribution < 1.29 is 23.5 Å². The molecule has 0 spiro atoms. The zero-order valence-electron chi connectivity index (χ0n) is 18.7. The molecule has 2 amide bonds. The van der Waals surface area contributed by atoms with Gasteiger partial charge in [-0.15, -0.1) is 0 Å². The van der Waals surface area contributed by atoms with E-state index in [-0.39, 0.29) is 31.4 Å². The number of halogens is 2. The van der Waals surface area contributed by atoms with Gasteiger partial charge in [0.1, 0.15) is 17.6 Å². The average Bonchev–Trinajstić information content (AvgIpc) is 2.85. The smallest absolute Gasteiger partial charge is 0.261 e. The van der Waals surface area contributed by atoms with Crippen LogP contribution in [0.25, 0.3) is 0 Å². The van der Waals surface area contributed by atoms with Crippen molar-refractivity contribution in [3.8, 4) is 5.75 Å². The van der Waals surface area contributed by atoms with Crippen molar-refractivity contribution in [1.29, 1.82) is 0 Å². The second kappa shape index (κ2) is 12.7. The van der Waals surface area contributed by atoms with Crippen LogP contribution in [0.5, 0.6) is 5.75 Å². The van der Waals surface area contributed by atoms with E-state index >= 15 is 0 Å². The lowest BCUT2D eigenvalue weighted by Gasteiger charge is -2.31. The largest absolute Gasteiger partial charge is 0.482 e. The Hall–Kier alpha value is -3.42. The molecule has 178 valence electrons. The van der Waals surface area contributed by atoms with Gasteiger partial charge >= 0.3 is 0 Å². The molecule has 0 fully saturated rings. The summed E-state index contributed by atoms with van der Waals surface area (Å²) in [7, 11) is 1.54. The molecule has 0 heterocycles. The van der Waals surface area contributed by atoms with Crippen molar-refractivity contribution in [2.45, 2.75) is 12.6 Å². The zero-order valence-corrected chi connectivity index (χ0v) is 19.5. The molecule has 0 aliphatic carbocycles. The number of hydrogen-bond donors (Lipinski definition) is 1. The second-order valence-electron chi connectivity index (χ2n) is 7.46. The summed E-state index contributed by atoms with van der Waals surface area (Å²) in [4.78, 5) is 28.1. The predicted molar refractivity (Wildman–Crippen MR) is 128 cm³/mol. The fourth-order valence-corrected chi connectivity index (χ4v) is 3.57. The monoisotopic (exact) mass is 484 g/mol. The maximum Gasteiger partial charge on any atom is 0.261 e. The summed E-state index contributed by atoms with van der Waals surface area (Å²) in [5.41, 5.74) is 1.30. The molecule has 0 aliphatic heterocycles. The minimum Gasteiger partial charge on any atom is -0.482 e. The van der Waals surface area contributed by atoms with E-state index in [1.807, 2.05) is 6.07 Å². The number of nitrogens with zero attached hydrogens (tertiary/aromatic N) is 1. The molecule has 3 aromatic rings. The van der Waals surface area contributed by atoms with Crippen LogP contribution in [0, 0.1) is 5.82 Å². The van der Waals surface area contributed by atoms with E-state index in [0.717, 1.165) is 0 Å². The third kappa shape index (κ3) is 7.04.